The maximum atomic E-state index is 11.7. The molecule has 11 rings (SSSR count). The number of amides is 1. The highest BCUT2D eigenvalue weighted by atomic mass is 33.1. The van der Waals surface area contributed by atoms with Crippen LogP contribution in [-0.4, -0.2) is 79.0 Å². The Morgan fingerprint density at radius 2 is 0.933 bits per heavy atom. The van der Waals surface area contributed by atoms with E-state index in [9.17, 15) is 4.79 Å². The number of fused-ring (bicyclic) bond motifs is 1. The molecule has 368 valence electrons. The number of carbonyl (C=O) groups is 1. The molecule has 0 saturated carbocycles. The normalized spacial score (nSPS) is 10.5. The van der Waals surface area contributed by atoms with E-state index < -0.39 is 0 Å². The van der Waals surface area contributed by atoms with E-state index in [-0.39, 0.29) is 5.91 Å². The molecule has 10 heterocycles. The second-order valence-corrected chi connectivity index (χ2v) is 17.3. The molecular formula is C57H47N15OS2. The van der Waals surface area contributed by atoms with Crippen molar-refractivity contribution in [1.29, 1.82) is 0 Å². The monoisotopic (exact) mass is 1020 g/mol. The van der Waals surface area contributed by atoms with Crippen molar-refractivity contribution >= 4 is 68.4 Å². The van der Waals surface area contributed by atoms with Gasteiger partial charge in [0.2, 0.25) is 0 Å². The van der Waals surface area contributed by atoms with Crippen LogP contribution in [0.15, 0.2) is 276 Å². The number of imidazole rings is 1. The maximum Gasteiger partial charge on any atom is 0.255 e. The number of benzene rings is 1. The zero-order valence-electron chi connectivity index (χ0n) is 40.1. The van der Waals surface area contributed by atoms with Crippen molar-refractivity contribution in [3.05, 3.63) is 279 Å². The molecule has 75 heavy (non-hydrogen) atoms. The number of hydrogen-bond acceptors (Lipinski definition) is 16. The van der Waals surface area contributed by atoms with E-state index in [1.54, 1.807) is 176 Å². The van der Waals surface area contributed by atoms with Gasteiger partial charge in [-0.1, -0.05) is 27.7 Å². The molecule has 0 bridgehead atoms. The van der Waals surface area contributed by atoms with Gasteiger partial charge in [-0.15, -0.1) is 0 Å². The molecule has 1 aromatic carbocycles. The number of hydrogen-bond donors (Lipinski definition) is 1. The lowest BCUT2D eigenvalue weighted by molar-refractivity contribution is 0.102. The van der Waals surface area contributed by atoms with E-state index in [1.165, 1.54) is 15.4 Å². The minimum atomic E-state index is -0.149. The van der Waals surface area contributed by atoms with E-state index in [0.29, 0.717) is 5.56 Å². The Bertz CT molecular complexity index is 3280. The number of nitrogens with one attached hydrogen (secondary N) is 1. The van der Waals surface area contributed by atoms with Crippen LogP contribution in [0.2, 0.25) is 0 Å². The molecule has 10 aromatic heterocycles. The Hall–Kier alpha value is -9.78. The van der Waals surface area contributed by atoms with Crippen LogP contribution in [-0.2, 0) is 6.54 Å². The SMILES string of the molecule is C(=N\N=C\c1ccncc1)/c1ccncc1.C(=Nc1cccc2ncccc12)c1ccncc1.O=C(Nc1ccncc1)c1ccncc1.c1cc(Cn2ccnc2)ccn1.c1cc(SSc2ccncc2)ccn1. The third kappa shape index (κ3) is 20.1. The lowest BCUT2D eigenvalue weighted by Crippen LogP contribution is -2.11. The summed E-state index contributed by atoms with van der Waals surface area (Å²) in [6.45, 7) is 0.864. The Morgan fingerprint density at radius 3 is 1.44 bits per heavy atom. The van der Waals surface area contributed by atoms with Crippen LogP contribution in [0.25, 0.3) is 10.9 Å². The number of carbonyl (C=O) groups excluding carboxylic acids is 1. The van der Waals surface area contributed by atoms with Crippen LogP contribution in [0.1, 0.15) is 32.6 Å². The third-order valence-electron chi connectivity index (χ3n) is 9.66. The van der Waals surface area contributed by atoms with E-state index >= 15 is 0 Å². The molecule has 0 unspecified atom stereocenters. The predicted octanol–water partition coefficient (Wildman–Crippen LogP) is 11.6. The highest BCUT2D eigenvalue weighted by Gasteiger charge is 2.04. The summed E-state index contributed by atoms with van der Waals surface area (Å²) in [6, 6.07) is 40.0. The Kier molecular flexibility index (Phi) is 22.3. The summed E-state index contributed by atoms with van der Waals surface area (Å²) in [5.41, 5.74) is 7.42. The highest BCUT2D eigenvalue weighted by Crippen LogP contribution is 2.36. The van der Waals surface area contributed by atoms with Crippen molar-refractivity contribution in [2.24, 2.45) is 15.2 Å². The molecule has 0 aliphatic heterocycles. The molecule has 1 N–H and O–H groups in total. The van der Waals surface area contributed by atoms with Crippen LogP contribution in [0.5, 0.6) is 0 Å². The van der Waals surface area contributed by atoms with Crippen LogP contribution in [0.3, 0.4) is 0 Å². The van der Waals surface area contributed by atoms with Gasteiger partial charge in [0.15, 0.2) is 0 Å². The number of rotatable bonds is 12. The van der Waals surface area contributed by atoms with Crippen LogP contribution in [0.4, 0.5) is 11.4 Å². The molecule has 18 heteroatoms. The van der Waals surface area contributed by atoms with Crippen LogP contribution < -0.4 is 5.32 Å². The third-order valence-corrected chi connectivity index (χ3v) is 12.1. The first-order chi connectivity index (χ1) is 37.1. The second-order valence-electron chi connectivity index (χ2n) is 15.0. The molecular weight excluding hydrogens is 975 g/mol. The summed E-state index contributed by atoms with van der Waals surface area (Å²) in [4.78, 5) is 58.3. The molecule has 0 aliphatic rings. The van der Waals surface area contributed by atoms with Crippen molar-refractivity contribution in [2.45, 2.75) is 16.3 Å². The van der Waals surface area contributed by atoms with Gasteiger partial charge in [0, 0.05) is 157 Å². The highest BCUT2D eigenvalue weighted by molar-refractivity contribution is 8.76. The quantitative estimate of drug-likeness (QED) is 0.0689. The number of aromatic nitrogens is 11. The first kappa shape index (κ1) is 53.0. The van der Waals surface area contributed by atoms with E-state index in [4.69, 9.17) is 0 Å². The Balaban J connectivity index is 0.000000137. The average molecular weight is 1020 g/mol. The number of nitrogens with zero attached hydrogens (tertiary/aromatic N) is 14. The summed E-state index contributed by atoms with van der Waals surface area (Å²) in [6.07, 6.45) is 40.1. The lowest BCUT2D eigenvalue weighted by Gasteiger charge is -2.03. The summed E-state index contributed by atoms with van der Waals surface area (Å²) >= 11 is 0. The van der Waals surface area contributed by atoms with Crippen molar-refractivity contribution in [1.82, 2.24) is 54.4 Å². The molecule has 0 spiro atoms. The Labute approximate surface area is 441 Å². The van der Waals surface area contributed by atoms with Gasteiger partial charge >= 0.3 is 0 Å². The molecule has 0 fully saturated rings. The first-order valence-electron chi connectivity index (χ1n) is 22.9. The van der Waals surface area contributed by atoms with Crippen LogP contribution in [0, 0.1) is 0 Å². The van der Waals surface area contributed by atoms with E-state index in [0.717, 1.165) is 45.5 Å². The molecule has 0 radical (unpaired) electrons. The summed E-state index contributed by atoms with van der Waals surface area (Å²) < 4.78 is 2.02. The van der Waals surface area contributed by atoms with Gasteiger partial charge < -0.3 is 9.88 Å². The zero-order chi connectivity index (χ0) is 51.6. The summed E-state index contributed by atoms with van der Waals surface area (Å²) in [5, 5.41) is 11.7. The smallest absolute Gasteiger partial charge is 0.255 e. The minimum absolute atomic E-state index is 0.149. The van der Waals surface area contributed by atoms with E-state index in [2.05, 4.69) is 70.4 Å². The molecule has 0 aliphatic carbocycles. The van der Waals surface area contributed by atoms with Crippen molar-refractivity contribution in [3.63, 3.8) is 0 Å². The lowest BCUT2D eigenvalue weighted by atomic mass is 10.2. The number of anilines is 1. The minimum Gasteiger partial charge on any atom is -0.333 e. The largest absolute Gasteiger partial charge is 0.333 e. The average Bonchev–Trinajstić information content (AvgIpc) is 4.01. The van der Waals surface area contributed by atoms with Gasteiger partial charge in [-0.25, -0.2) is 4.98 Å². The van der Waals surface area contributed by atoms with Gasteiger partial charge in [-0.3, -0.25) is 54.6 Å². The number of aliphatic imine (C=N–C) groups is 1. The number of pyridine rings is 9. The van der Waals surface area contributed by atoms with Gasteiger partial charge in [-0.05, 0) is 144 Å². The second kappa shape index (κ2) is 31.5. The topological polar surface area (TPSA) is 200 Å². The van der Waals surface area contributed by atoms with Crippen molar-refractivity contribution < 1.29 is 4.79 Å². The van der Waals surface area contributed by atoms with E-state index in [1.807, 2.05) is 120 Å². The fourth-order valence-electron chi connectivity index (χ4n) is 6.00. The van der Waals surface area contributed by atoms with Crippen molar-refractivity contribution in [2.75, 3.05) is 5.32 Å². The van der Waals surface area contributed by atoms with Gasteiger partial charge in [0.1, 0.15) is 0 Å². The predicted molar refractivity (Wildman–Crippen MR) is 299 cm³/mol. The van der Waals surface area contributed by atoms with Crippen molar-refractivity contribution in [3.8, 4) is 0 Å². The fraction of sp³-hybridized carbons (Fsp3) is 0.0175. The standard InChI is InChI=1S/C15H11N3.C12H10N4.C11H9N3O.C10H8N2S2.C9H9N3/c1-4-14-13(3-2-8-17-14)15(5-1)18-11-12-6-9-16-10-7-12;1-5-13-6-2-11(1)9-15-16-10-12-3-7-14-8-4-12;15-11(9-1-5-12-6-2-9)14-10-3-7-13-8-4-10;1-5-11-6-2-9(1)13-14-10-3-7-12-8-4-10;1-3-10-4-2-9(1)7-12-6-5-11-8-12/h1-11H;1-10H;1-8H,(H,13,14,15);1-8H;1-6,8H,7H2/b;15-9+,16-10+;;;. The molecule has 16 nitrogen and oxygen atoms in total. The molecule has 1 amide bonds. The summed E-state index contributed by atoms with van der Waals surface area (Å²) in [7, 11) is 3.44. The maximum absolute atomic E-state index is 11.7. The molecule has 11 aromatic rings. The summed E-state index contributed by atoms with van der Waals surface area (Å²) in [5.74, 6) is -0.149. The molecule has 0 saturated heterocycles. The zero-order valence-corrected chi connectivity index (χ0v) is 41.7. The molecule has 0 atom stereocenters. The van der Waals surface area contributed by atoms with Gasteiger partial charge in [-0.2, -0.15) is 10.2 Å². The van der Waals surface area contributed by atoms with Gasteiger partial charge in [0.25, 0.3) is 5.91 Å². The fourth-order valence-corrected chi connectivity index (χ4v) is 7.90. The first-order valence-corrected chi connectivity index (χ1v) is 25.0. The van der Waals surface area contributed by atoms with Crippen LogP contribution >= 0.6 is 21.6 Å². The van der Waals surface area contributed by atoms with Gasteiger partial charge in [0.05, 0.1) is 30.0 Å². The Morgan fingerprint density at radius 1 is 0.467 bits per heavy atom.